The van der Waals surface area contributed by atoms with Crippen LogP contribution in [0.25, 0.3) is 5.82 Å². The van der Waals surface area contributed by atoms with Gasteiger partial charge in [0.2, 0.25) is 0 Å². The van der Waals surface area contributed by atoms with Crippen molar-refractivity contribution < 1.29 is 4.74 Å². The molecular formula is C16H22N4O. The van der Waals surface area contributed by atoms with Crippen LogP contribution in [0.3, 0.4) is 0 Å². The molecule has 0 aromatic carbocycles. The molecule has 0 radical (unpaired) electrons. The Morgan fingerprint density at radius 2 is 2.05 bits per heavy atom. The molecule has 1 N–H and O–H groups in total. The van der Waals surface area contributed by atoms with E-state index in [0.29, 0.717) is 0 Å². The zero-order valence-corrected chi connectivity index (χ0v) is 13.0. The number of pyridine rings is 1. The van der Waals surface area contributed by atoms with Crippen molar-refractivity contribution in [3.8, 4) is 5.82 Å². The zero-order valence-electron chi connectivity index (χ0n) is 13.0. The van der Waals surface area contributed by atoms with Gasteiger partial charge in [-0.25, -0.2) is 9.67 Å². The Balaban J connectivity index is 1.90. The maximum absolute atomic E-state index is 6.15. The summed E-state index contributed by atoms with van der Waals surface area (Å²) in [5.74, 6) is 0.808. The van der Waals surface area contributed by atoms with E-state index in [2.05, 4.69) is 43.1 Å². The van der Waals surface area contributed by atoms with Crippen molar-refractivity contribution in [3.63, 3.8) is 0 Å². The Kier molecular flexibility index (Phi) is 3.24. The molecule has 1 aliphatic heterocycles. The smallest absolute Gasteiger partial charge is 0.176 e. The Labute approximate surface area is 125 Å². The average molecular weight is 286 g/mol. The summed E-state index contributed by atoms with van der Waals surface area (Å²) in [6.45, 7) is 8.52. The van der Waals surface area contributed by atoms with Crippen LogP contribution in [0.15, 0.2) is 36.8 Å². The third kappa shape index (κ3) is 2.78. The second-order valence-electron chi connectivity index (χ2n) is 6.69. The number of hydrogen-bond acceptors (Lipinski definition) is 4. The van der Waals surface area contributed by atoms with E-state index in [9.17, 15) is 0 Å². The van der Waals surface area contributed by atoms with Crippen LogP contribution >= 0.6 is 0 Å². The molecule has 0 bridgehead atoms. The molecular weight excluding hydrogens is 264 g/mol. The molecule has 5 nitrogen and oxygen atoms in total. The lowest BCUT2D eigenvalue weighted by Crippen LogP contribution is -2.38. The number of ether oxygens (including phenoxy) is 1. The van der Waals surface area contributed by atoms with Crippen molar-refractivity contribution in [2.75, 3.05) is 5.32 Å². The van der Waals surface area contributed by atoms with Crippen LogP contribution in [0.2, 0.25) is 0 Å². The maximum atomic E-state index is 6.15. The van der Waals surface area contributed by atoms with Gasteiger partial charge in [-0.15, -0.1) is 0 Å². The van der Waals surface area contributed by atoms with E-state index in [1.165, 1.54) is 0 Å². The van der Waals surface area contributed by atoms with Crippen molar-refractivity contribution in [3.05, 3.63) is 36.8 Å². The molecule has 0 aliphatic carbocycles. The second-order valence-corrected chi connectivity index (χ2v) is 6.69. The first-order valence-corrected chi connectivity index (χ1v) is 7.29. The largest absolute Gasteiger partial charge is 0.376 e. The van der Waals surface area contributed by atoms with Crippen LogP contribution in [-0.4, -0.2) is 32.0 Å². The van der Waals surface area contributed by atoms with Gasteiger partial charge in [0.25, 0.3) is 0 Å². The van der Waals surface area contributed by atoms with Crippen molar-refractivity contribution in [2.45, 2.75) is 51.4 Å². The van der Waals surface area contributed by atoms with E-state index < -0.39 is 0 Å². The van der Waals surface area contributed by atoms with Gasteiger partial charge in [-0.05, 0) is 52.3 Å². The molecule has 2 aromatic rings. The number of aromatic nitrogens is 3. The molecule has 1 aliphatic rings. The summed E-state index contributed by atoms with van der Waals surface area (Å²) in [4.78, 5) is 4.44. The lowest BCUT2D eigenvalue weighted by Gasteiger charge is -2.28. The minimum Gasteiger partial charge on any atom is -0.376 e. The standard InChI is InChI=1S/C16H22N4O/c1-15(2)11-13(16(3,4)21-15)19-12-7-5-8-17-14(12)20-10-6-9-18-20/h5-10,13,19H,11H2,1-4H3. The van der Waals surface area contributed by atoms with Gasteiger partial charge in [0.05, 0.1) is 22.9 Å². The molecule has 3 rings (SSSR count). The minimum absolute atomic E-state index is 0.116. The predicted molar refractivity (Wildman–Crippen MR) is 82.6 cm³/mol. The molecule has 1 fully saturated rings. The van der Waals surface area contributed by atoms with Crippen molar-refractivity contribution >= 4 is 5.69 Å². The number of rotatable bonds is 3. The Hall–Kier alpha value is -1.88. The van der Waals surface area contributed by atoms with Crippen molar-refractivity contribution in [1.82, 2.24) is 14.8 Å². The summed E-state index contributed by atoms with van der Waals surface area (Å²) in [5, 5.41) is 7.86. The summed E-state index contributed by atoms with van der Waals surface area (Å²) >= 11 is 0. The van der Waals surface area contributed by atoms with Crippen LogP contribution in [0.1, 0.15) is 34.1 Å². The highest BCUT2D eigenvalue weighted by Gasteiger charge is 2.46. The van der Waals surface area contributed by atoms with Gasteiger partial charge in [0.15, 0.2) is 5.82 Å². The van der Waals surface area contributed by atoms with Crippen molar-refractivity contribution in [1.29, 1.82) is 0 Å². The lowest BCUT2D eigenvalue weighted by molar-refractivity contribution is -0.0662. The van der Waals surface area contributed by atoms with E-state index in [0.717, 1.165) is 17.9 Å². The zero-order chi connectivity index (χ0) is 15.1. The number of hydrogen-bond donors (Lipinski definition) is 1. The molecule has 21 heavy (non-hydrogen) atoms. The van der Waals surface area contributed by atoms with E-state index in [-0.39, 0.29) is 17.2 Å². The highest BCUT2D eigenvalue weighted by molar-refractivity contribution is 5.57. The fraction of sp³-hybridized carbons (Fsp3) is 0.500. The van der Waals surface area contributed by atoms with Gasteiger partial charge >= 0.3 is 0 Å². The van der Waals surface area contributed by atoms with Crippen LogP contribution in [0.4, 0.5) is 5.69 Å². The number of nitrogens with one attached hydrogen (secondary N) is 1. The molecule has 0 spiro atoms. The van der Waals surface area contributed by atoms with Gasteiger partial charge in [-0.1, -0.05) is 0 Å². The molecule has 2 aromatic heterocycles. The Morgan fingerprint density at radius 1 is 1.24 bits per heavy atom. The summed E-state index contributed by atoms with van der Waals surface area (Å²) in [6, 6.07) is 6.09. The first kappa shape index (κ1) is 14.1. The molecule has 1 saturated heterocycles. The molecule has 0 amide bonds. The lowest BCUT2D eigenvalue weighted by atomic mass is 9.94. The highest BCUT2D eigenvalue weighted by Crippen LogP contribution is 2.39. The molecule has 5 heteroatoms. The average Bonchev–Trinajstić information content (AvgIpc) is 2.96. The third-order valence-electron chi connectivity index (χ3n) is 3.91. The van der Waals surface area contributed by atoms with Gasteiger partial charge in [-0.2, -0.15) is 5.10 Å². The van der Waals surface area contributed by atoms with Crippen molar-refractivity contribution in [2.24, 2.45) is 0 Å². The van der Waals surface area contributed by atoms with Crippen LogP contribution < -0.4 is 5.32 Å². The summed E-state index contributed by atoms with van der Waals surface area (Å²) in [7, 11) is 0. The monoisotopic (exact) mass is 286 g/mol. The number of anilines is 1. The SMILES string of the molecule is CC1(C)CC(Nc2cccnc2-n2cccn2)C(C)(C)O1. The summed E-state index contributed by atoms with van der Waals surface area (Å²) in [6.07, 6.45) is 6.38. The molecule has 1 unspecified atom stereocenters. The van der Waals surface area contributed by atoms with Crippen LogP contribution in [-0.2, 0) is 4.74 Å². The Bertz CT molecular complexity index is 619. The molecule has 3 heterocycles. The van der Waals surface area contributed by atoms with Gasteiger partial charge in [-0.3, -0.25) is 0 Å². The molecule has 0 saturated carbocycles. The van der Waals surface area contributed by atoms with E-state index >= 15 is 0 Å². The summed E-state index contributed by atoms with van der Waals surface area (Å²) < 4.78 is 7.92. The molecule has 1 atom stereocenters. The quantitative estimate of drug-likeness (QED) is 0.942. The second kappa shape index (κ2) is 4.84. The third-order valence-corrected chi connectivity index (χ3v) is 3.91. The Morgan fingerprint density at radius 3 is 2.67 bits per heavy atom. The van der Waals surface area contributed by atoms with Gasteiger partial charge < -0.3 is 10.1 Å². The topological polar surface area (TPSA) is 52.0 Å². The van der Waals surface area contributed by atoms with Gasteiger partial charge in [0, 0.05) is 18.6 Å². The first-order chi connectivity index (χ1) is 9.87. The number of nitrogens with zero attached hydrogens (tertiary/aromatic N) is 3. The predicted octanol–water partition coefficient (Wildman–Crippen LogP) is 3.03. The van der Waals surface area contributed by atoms with Crippen LogP contribution in [0.5, 0.6) is 0 Å². The summed E-state index contributed by atoms with van der Waals surface area (Å²) in [5.41, 5.74) is 0.635. The first-order valence-electron chi connectivity index (χ1n) is 7.29. The van der Waals surface area contributed by atoms with Gasteiger partial charge in [0.1, 0.15) is 0 Å². The minimum atomic E-state index is -0.222. The highest BCUT2D eigenvalue weighted by atomic mass is 16.5. The fourth-order valence-corrected chi connectivity index (χ4v) is 3.06. The fourth-order valence-electron chi connectivity index (χ4n) is 3.06. The van der Waals surface area contributed by atoms with Crippen LogP contribution in [0, 0.1) is 0 Å². The maximum Gasteiger partial charge on any atom is 0.176 e. The van der Waals surface area contributed by atoms with E-state index in [1.54, 1.807) is 17.1 Å². The molecule has 112 valence electrons. The van der Waals surface area contributed by atoms with E-state index in [1.807, 2.05) is 24.4 Å². The van der Waals surface area contributed by atoms with E-state index in [4.69, 9.17) is 4.74 Å². The normalized spacial score (nSPS) is 23.1.